The number of rotatable bonds is 3. The Kier molecular flexibility index (Phi) is 3.37. The van der Waals surface area contributed by atoms with E-state index in [1.165, 1.54) is 17.5 Å². The molecule has 0 radical (unpaired) electrons. The molecule has 3 rings (SSSR count). The number of nitrogens with zero attached hydrogens (tertiary/aromatic N) is 1. The Morgan fingerprint density at radius 2 is 2.17 bits per heavy atom. The summed E-state index contributed by atoms with van der Waals surface area (Å²) in [6.45, 7) is 0. The molecule has 0 spiro atoms. The molecule has 2 aromatic rings. The first kappa shape index (κ1) is 11.8. The molecule has 1 N–H and O–H groups in total. The van der Waals surface area contributed by atoms with Crippen LogP contribution in [0.1, 0.15) is 23.4 Å². The van der Waals surface area contributed by atoms with Crippen LogP contribution in [-0.2, 0) is 19.3 Å². The highest BCUT2D eigenvalue weighted by Crippen LogP contribution is 2.30. The first-order valence-corrected chi connectivity index (χ1v) is 6.95. The van der Waals surface area contributed by atoms with E-state index in [9.17, 15) is 0 Å². The molecule has 0 saturated heterocycles. The zero-order chi connectivity index (χ0) is 12.4. The topological polar surface area (TPSA) is 28.7 Å². The number of benzene rings is 1. The van der Waals surface area contributed by atoms with E-state index >= 15 is 0 Å². The first-order valence-electron chi connectivity index (χ1n) is 6.52. The minimum absolute atomic E-state index is 0.171. The number of imidazole rings is 1. The van der Waals surface area contributed by atoms with Crippen molar-refractivity contribution in [2.75, 3.05) is 0 Å². The van der Waals surface area contributed by atoms with E-state index in [2.05, 4.69) is 34.2 Å². The van der Waals surface area contributed by atoms with Crippen LogP contribution in [0.3, 0.4) is 0 Å². The molecule has 1 aliphatic carbocycles. The highest BCUT2D eigenvalue weighted by Gasteiger charge is 2.25. The predicted octanol–water partition coefficient (Wildman–Crippen LogP) is 3.36. The van der Waals surface area contributed by atoms with Gasteiger partial charge in [0.2, 0.25) is 0 Å². The van der Waals surface area contributed by atoms with Crippen molar-refractivity contribution in [3.63, 3.8) is 0 Å². The lowest BCUT2D eigenvalue weighted by atomic mass is 9.81. The molecule has 0 saturated carbocycles. The van der Waals surface area contributed by atoms with Gasteiger partial charge < -0.3 is 4.98 Å². The molecule has 94 valence electrons. The van der Waals surface area contributed by atoms with Gasteiger partial charge in [0.1, 0.15) is 5.82 Å². The Balaban J connectivity index is 1.68. The lowest BCUT2D eigenvalue weighted by Gasteiger charge is -2.27. The van der Waals surface area contributed by atoms with Gasteiger partial charge in [-0.25, -0.2) is 4.98 Å². The number of halogens is 1. The van der Waals surface area contributed by atoms with Gasteiger partial charge in [-0.3, -0.25) is 0 Å². The van der Waals surface area contributed by atoms with Gasteiger partial charge in [0.25, 0.3) is 0 Å². The maximum atomic E-state index is 6.56. The summed E-state index contributed by atoms with van der Waals surface area (Å²) in [4.78, 5) is 7.39. The Labute approximate surface area is 112 Å². The number of aromatic amines is 1. The molecule has 1 aliphatic rings. The third-order valence-electron chi connectivity index (χ3n) is 3.84. The van der Waals surface area contributed by atoms with Crippen molar-refractivity contribution in [2.24, 2.45) is 5.92 Å². The summed E-state index contributed by atoms with van der Waals surface area (Å²) in [5.41, 5.74) is 2.97. The number of alkyl halides is 1. The van der Waals surface area contributed by atoms with Crippen molar-refractivity contribution < 1.29 is 0 Å². The highest BCUT2D eigenvalue weighted by molar-refractivity contribution is 6.20. The fourth-order valence-corrected chi connectivity index (χ4v) is 3.16. The quantitative estimate of drug-likeness (QED) is 0.843. The van der Waals surface area contributed by atoms with E-state index in [1.54, 1.807) is 6.20 Å². The molecule has 0 bridgehead atoms. The standard InChI is InChI=1S/C15H17ClN2/c16-14(10-15-17-7-8-18-15)13-6-5-11-3-1-2-4-12(11)9-13/h1-4,7-8,13-14H,5-6,9-10H2,(H,17,18). The van der Waals surface area contributed by atoms with Crippen LogP contribution in [-0.4, -0.2) is 15.3 Å². The van der Waals surface area contributed by atoms with Crippen LogP contribution in [0.15, 0.2) is 36.7 Å². The molecule has 2 atom stereocenters. The number of aromatic nitrogens is 2. The molecule has 0 aliphatic heterocycles. The molecule has 0 fully saturated rings. The van der Waals surface area contributed by atoms with E-state index in [4.69, 9.17) is 11.6 Å². The minimum Gasteiger partial charge on any atom is -0.349 e. The van der Waals surface area contributed by atoms with Crippen molar-refractivity contribution in [3.05, 3.63) is 53.6 Å². The molecule has 2 nitrogen and oxygen atoms in total. The number of nitrogens with one attached hydrogen (secondary N) is 1. The average molecular weight is 261 g/mol. The van der Waals surface area contributed by atoms with Crippen LogP contribution < -0.4 is 0 Å². The van der Waals surface area contributed by atoms with Gasteiger partial charge in [0, 0.05) is 24.2 Å². The minimum atomic E-state index is 0.171. The Morgan fingerprint density at radius 1 is 1.33 bits per heavy atom. The second kappa shape index (κ2) is 5.15. The van der Waals surface area contributed by atoms with Crippen molar-refractivity contribution >= 4 is 11.6 Å². The lowest BCUT2D eigenvalue weighted by molar-refractivity contribution is 0.431. The number of aryl methyl sites for hydroxylation is 1. The van der Waals surface area contributed by atoms with Gasteiger partial charge in [0.05, 0.1) is 0 Å². The van der Waals surface area contributed by atoms with E-state index in [1.807, 2.05) is 6.20 Å². The summed E-state index contributed by atoms with van der Waals surface area (Å²) in [7, 11) is 0. The fraction of sp³-hybridized carbons (Fsp3) is 0.400. The van der Waals surface area contributed by atoms with Gasteiger partial charge >= 0.3 is 0 Å². The van der Waals surface area contributed by atoms with Crippen LogP contribution in [0.4, 0.5) is 0 Å². The summed E-state index contributed by atoms with van der Waals surface area (Å²) >= 11 is 6.56. The van der Waals surface area contributed by atoms with Gasteiger partial charge in [0.15, 0.2) is 0 Å². The second-order valence-corrected chi connectivity index (χ2v) is 5.59. The molecule has 2 unspecified atom stereocenters. The third kappa shape index (κ3) is 2.44. The predicted molar refractivity (Wildman–Crippen MR) is 73.9 cm³/mol. The van der Waals surface area contributed by atoms with E-state index in [0.717, 1.165) is 25.1 Å². The Bertz CT molecular complexity index is 507. The Hall–Kier alpha value is -1.28. The number of H-pyrrole nitrogens is 1. The summed E-state index contributed by atoms with van der Waals surface area (Å²) in [6.07, 6.45) is 7.92. The van der Waals surface area contributed by atoms with Gasteiger partial charge in [-0.05, 0) is 36.3 Å². The van der Waals surface area contributed by atoms with Gasteiger partial charge in [-0.15, -0.1) is 11.6 Å². The zero-order valence-electron chi connectivity index (χ0n) is 10.3. The molecular formula is C15H17ClN2. The number of hydrogen-bond acceptors (Lipinski definition) is 1. The van der Waals surface area contributed by atoms with Crippen molar-refractivity contribution in [1.29, 1.82) is 0 Å². The van der Waals surface area contributed by atoms with Crippen LogP contribution in [0.2, 0.25) is 0 Å². The molecule has 1 aromatic heterocycles. The smallest absolute Gasteiger partial charge is 0.107 e. The van der Waals surface area contributed by atoms with Crippen LogP contribution in [0.5, 0.6) is 0 Å². The fourth-order valence-electron chi connectivity index (χ4n) is 2.80. The second-order valence-electron chi connectivity index (χ2n) is 5.03. The molecule has 3 heteroatoms. The summed E-state index contributed by atoms with van der Waals surface area (Å²) in [5, 5.41) is 0.171. The van der Waals surface area contributed by atoms with Crippen LogP contribution in [0.25, 0.3) is 0 Å². The van der Waals surface area contributed by atoms with Gasteiger partial charge in [-0.1, -0.05) is 24.3 Å². The largest absolute Gasteiger partial charge is 0.349 e. The van der Waals surface area contributed by atoms with E-state index in [0.29, 0.717) is 5.92 Å². The summed E-state index contributed by atoms with van der Waals surface area (Å²) in [5.74, 6) is 1.56. The maximum Gasteiger partial charge on any atom is 0.107 e. The maximum absolute atomic E-state index is 6.56. The molecular weight excluding hydrogens is 244 g/mol. The highest BCUT2D eigenvalue weighted by atomic mass is 35.5. The molecule has 1 heterocycles. The normalized spacial score (nSPS) is 20.4. The lowest BCUT2D eigenvalue weighted by Crippen LogP contribution is -2.25. The molecule has 0 amide bonds. The van der Waals surface area contributed by atoms with Gasteiger partial charge in [-0.2, -0.15) is 0 Å². The molecule has 1 aromatic carbocycles. The number of hydrogen-bond donors (Lipinski definition) is 1. The summed E-state index contributed by atoms with van der Waals surface area (Å²) in [6, 6.07) is 8.72. The number of fused-ring (bicyclic) bond motifs is 1. The average Bonchev–Trinajstić information content (AvgIpc) is 2.91. The zero-order valence-corrected chi connectivity index (χ0v) is 11.0. The third-order valence-corrected chi connectivity index (χ3v) is 4.35. The van der Waals surface area contributed by atoms with Crippen LogP contribution in [0, 0.1) is 5.92 Å². The van der Waals surface area contributed by atoms with Crippen LogP contribution >= 0.6 is 11.6 Å². The van der Waals surface area contributed by atoms with Crippen molar-refractivity contribution in [1.82, 2.24) is 9.97 Å². The Morgan fingerprint density at radius 3 is 2.94 bits per heavy atom. The van der Waals surface area contributed by atoms with E-state index < -0.39 is 0 Å². The van der Waals surface area contributed by atoms with Crippen molar-refractivity contribution in [3.8, 4) is 0 Å². The summed E-state index contributed by atoms with van der Waals surface area (Å²) < 4.78 is 0. The first-order chi connectivity index (χ1) is 8.83. The molecule has 18 heavy (non-hydrogen) atoms. The SMILES string of the molecule is ClC(Cc1ncc[nH]1)C1CCc2ccccc2C1. The van der Waals surface area contributed by atoms with E-state index in [-0.39, 0.29) is 5.38 Å². The van der Waals surface area contributed by atoms with Crippen molar-refractivity contribution in [2.45, 2.75) is 31.1 Å². The monoisotopic (exact) mass is 260 g/mol.